The summed E-state index contributed by atoms with van der Waals surface area (Å²) in [6, 6.07) is 7.41. The first-order valence-corrected chi connectivity index (χ1v) is 10.4. The normalized spacial score (nSPS) is 13.3. The first-order chi connectivity index (χ1) is 15.7. The number of rotatable bonds is 6. The highest BCUT2D eigenvalue weighted by atomic mass is 19.1. The second kappa shape index (κ2) is 8.35. The van der Waals surface area contributed by atoms with Crippen LogP contribution in [0, 0.1) is 5.82 Å². The van der Waals surface area contributed by atoms with Crippen LogP contribution in [0.5, 0.6) is 0 Å². The molecule has 0 aliphatic heterocycles. The van der Waals surface area contributed by atoms with Crippen molar-refractivity contribution in [2.75, 3.05) is 23.4 Å². The van der Waals surface area contributed by atoms with E-state index >= 15 is 4.39 Å². The van der Waals surface area contributed by atoms with Crippen molar-refractivity contribution in [1.29, 1.82) is 0 Å². The zero-order chi connectivity index (χ0) is 22.1. The molecule has 9 heteroatoms. The minimum absolute atomic E-state index is 0.0611. The van der Waals surface area contributed by atoms with Crippen molar-refractivity contribution in [1.82, 2.24) is 19.9 Å². The molecule has 0 bridgehead atoms. The molecule has 32 heavy (non-hydrogen) atoms. The lowest BCUT2D eigenvalue weighted by atomic mass is 10.0. The van der Waals surface area contributed by atoms with Gasteiger partial charge in [0, 0.05) is 23.3 Å². The van der Waals surface area contributed by atoms with Gasteiger partial charge in [0.15, 0.2) is 0 Å². The molecule has 8 nitrogen and oxygen atoms in total. The molecule has 3 N–H and O–H groups in total. The van der Waals surface area contributed by atoms with Gasteiger partial charge >= 0.3 is 6.03 Å². The number of pyridine rings is 1. The number of aromatic amines is 1. The number of fused-ring (bicyclic) bond motifs is 1. The largest absolute Gasteiger partial charge is 0.395 e. The molecule has 3 heterocycles. The molecule has 1 aromatic carbocycles. The summed E-state index contributed by atoms with van der Waals surface area (Å²) in [4.78, 5) is 29.8. The summed E-state index contributed by atoms with van der Waals surface area (Å²) in [6.07, 6.45) is 8.73. The fourth-order valence-corrected chi connectivity index (χ4v) is 3.85. The van der Waals surface area contributed by atoms with E-state index in [1.54, 1.807) is 24.4 Å². The summed E-state index contributed by atoms with van der Waals surface area (Å²) in [5, 5.41) is 13.0. The molecule has 2 amide bonds. The standard InChI is InChI=1S/C23H21FN6O2/c24-18-10-15(21-20-17(14-3-4-14)12-26-22(20)28-13-27-21)5-6-19(18)30(8-9-31)23(32)29-16-2-1-7-25-11-16/h1-2,5-7,10-14,31H,3-4,8-9H2,(H,29,32)(H,26,27,28). The van der Waals surface area contributed by atoms with Gasteiger partial charge in [-0.15, -0.1) is 0 Å². The van der Waals surface area contributed by atoms with E-state index in [1.165, 1.54) is 24.7 Å². The third-order valence-corrected chi connectivity index (χ3v) is 5.51. The van der Waals surface area contributed by atoms with Gasteiger partial charge in [0.25, 0.3) is 0 Å². The Morgan fingerprint density at radius 1 is 1.28 bits per heavy atom. The van der Waals surface area contributed by atoms with Gasteiger partial charge in [-0.2, -0.15) is 0 Å². The van der Waals surface area contributed by atoms with Crippen LogP contribution in [-0.4, -0.2) is 44.2 Å². The van der Waals surface area contributed by atoms with Crippen molar-refractivity contribution < 1.29 is 14.3 Å². The molecule has 0 spiro atoms. The van der Waals surface area contributed by atoms with E-state index < -0.39 is 11.8 Å². The number of nitrogens with one attached hydrogen (secondary N) is 2. The summed E-state index contributed by atoms with van der Waals surface area (Å²) in [6.45, 7) is -0.383. The summed E-state index contributed by atoms with van der Waals surface area (Å²) in [5.41, 5.74) is 3.65. The monoisotopic (exact) mass is 432 g/mol. The second-order valence-electron chi connectivity index (χ2n) is 7.68. The van der Waals surface area contributed by atoms with Crippen molar-refractivity contribution in [2.45, 2.75) is 18.8 Å². The van der Waals surface area contributed by atoms with Crippen LogP contribution in [0.25, 0.3) is 22.3 Å². The van der Waals surface area contributed by atoms with Gasteiger partial charge in [-0.3, -0.25) is 9.88 Å². The maximum atomic E-state index is 15.2. The number of benzene rings is 1. The van der Waals surface area contributed by atoms with E-state index in [0.717, 1.165) is 34.3 Å². The van der Waals surface area contributed by atoms with E-state index in [4.69, 9.17) is 0 Å². The number of urea groups is 1. The molecular weight excluding hydrogens is 411 g/mol. The first kappa shape index (κ1) is 20.1. The molecule has 4 aromatic rings. The first-order valence-electron chi connectivity index (χ1n) is 10.4. The maximum absolute atomic E-state index is 15.2. The van der Waals surface area contributed by atoms with Crippen LogP contribution in [0.4, 0.5) is 20.6 Å². The highest BCUT2D eigenvalue weighted by Gasteiger charge is 2.28. The van der Waals surface area contributed by atoms with Gasteiger partial charge in [-0.05, 0) is 48.6 Å². The number of carbonyl (C=O) groups excluding carboxylic acids is 1. The smallest absolute Gasteiger partial charge is 0.326 e. The van der Waals surface area contributed by atoms with Gasteiger partial charge in [0.2, 0.25) is 0 Å². The fraction of sp³-hybridized carbons (Fsp3) is 0.217. The van der Waals surface area contributed by atoms with Crippen molar-refractivity contribution >= 4 is 28.4 Å². The number of anilines is 2. The molecule has 0 saturated heterocycles. The number of amides is 2. The molecule has 1 aliphatic carbocycles. The number of hydrogen-bond donors (Lipinski definition) is 3. The summed E-state index contributed by atoms with van der Waals surface area (Å²) in [5.74, 6) is -0.110. The van der Waals surface area contributed by atoms with Gasteiger partial charge in [0.1, 0.15) is 17.8 Å². The van der Waals surface area contributed by atoms with Crippen LogP contribution in [-0.2, 0) is 0 Å². The number of carbonyl (C=O) groups is 1. The molecule has 0 unspecified atom stereocenters. The summed E-state index contributed by atoms with van der Waals surface area (Å²) in [7, 11) is 0. The second-order valence-corrected chi connectivity index (χ2v) is 7.68. The van der Waals surface area contributed by atoms with Gasteiger partial charge in [-0.1, -0.05) is 6.07 Å². The molecule has 162 valence electrons. The lowest BCUT2D eigenvalue weighted by molar-refractivity contribution is 0.251. The third-order valence-electron chi connectivity index (χ3n) is 5.51. The number of nitrogens with zero attached hydrogens (tertiary/aromatic N) is 4. The van der Waals surface area contributed by atoms with Gasteiger partial charge < -0.3 is 15.4 Å². The zero-order valence-corrected chi connectivity index (χ0v) is 17.1. The number of aliphatic hydroxyl groups is 1. The van der Waals surface area contributed by atoms with E-state index in [-0.39, 0.29) is 18.8 Å². The van der Waals surface area contributed by atoms with Crippen LogP contribution in [0.2, 0.25) is 0 Å². The Hall–Kier alpha value is -3.85. The Morgan fingerprint density at radius 3 is 2.88 bits per heavy atom. The number of aromatic nitrogens is 4. The molecule has 3 aromatic heterocycles. The number of aliphatic hydroxyl groups excluding tert-OH is 1. The quantitative estimate of drug-likeness (QED) is 0.426. The van der Waals surface area contributed by atoms with Crippen LogP contribution in [0.15, 0.2) is 55.2 Å². The van der Waals surface area contributed by atoms with Crippen LogP contribution in [0.1, 0.15) is 24.3 Å². The van der Waals surface area contributed by atoms with Crippen LogP contribution < -0.4 is 10.2 Å². The highest BCUT2D eigenvalue weighted by Crippen LogP contribution is 2.45. The van der Waals surface area contributed by atoms with Crippen molar-refractivity contribution in [3.8, 4) is 11.3 Å². The fourth-order valence-electron chi connectivity index (χ4n) is 3.85. The van der Waals surface area contributed by atoms with Crippen LogP contribution >= 0.6 is 0 Å². The summed E-state index contributed by atoms with van der Waals surface area (Å²) >= 11 is 0. The predicted octanol–water partition coefficient (Wildman–Crippen LogP) is 4.07. The van der Waals surface area contributed by atoms with Crippen molar-refractivity contribution in [3.05, 3.63) is 66.6 Å². The van der Waals surface area contributed by atoms with Crippen molar-refractivity contribution in [3.63, 3.8) is 0 Å². The minimum atomic E-state index is -0.590. The molecule has 0 radical (unpaired) electrons. The summed E-state index contributed by atoms with van der Waals surface area (Å²) < 4.78 is 15.2. The number of halogens is 1. The molecule has 1 aliphatic rings. The Morgan fingerprint density at radius 2 is 2.16 bits per heavy atom. The third kappa shape index (κ3) is 3.78. The number of H-pyrrole nitrogens is 1. The Labute approximate surface area is 183 Å². The van der Waals surface area contributed by atoms with E-state index in [2.05, 4.69) is 25.3 Å². The van der Waals surface area contributed by atoms with Gasteiger partial charge in [-0.25, -0.2) is 19.2 Å². The lowest BCUT2D eigenvalue weighted by Crippen LogP contribution is -2.37. The Bertz CT molecular complexity index is 1270. The molecule has 0 atom stereocenters. The van der Waals surface area contributed by atoms with E-state index in [1.807, 2.05) is 6.20 Å². The minimum Gasteiger partial charge on any atom is -0.395 e. The Balaban J connectivity index is 1.49. The Kier molecular flexibility index (Phi) is 5.24. The molecule has 5 rings (SSSR count). The average Bonchev–Trinajstić information content (AvgIpc) is 3.56. The highest BCUT2D eigenvalue weighted by molar-refractivity contribution is 6.02. The zero-order valence-electron chi connectivity index (χ0n) is 17.1. The van der Waals surface area contributed by atoms with E-state index in [0.29, 0.717) is 22.9 Å². The van der Waals surface area contributed by atoms with E-state index in [9.17, 15) is 9.90 Å². The lowest BCUT2D eigenvalue weighted by Gasteiger charge is -2.23. The van der Waals surface area contributed by atoms with Crippen LogP contribution in [0.3, 0.4) is 0 Å². The SMILES string of the molecule is O=C(Nc1cccnc1)N(CCO)c1ccc(-c2ncnc3[nH]cc(C4CC4)c23)cc1F. The molecule has 1 saturated carbocycles. The predicted molar refractivity (Wildman–Crippen MR) is 119 cm³/mol. The number of hydrogen-bond acceptors (Lipinski definition) is 5. The average molecular weight is 432 g/mol. The maximum Gasteiger partial charge on any atom is 0.326 e. The van der Waals surface area contributed by atoms with Crippen molar-refractivity contribution in [2.24, 2.45) is 0 Å². The molecular formula is C23H21FN6O2. The van der Waals surface area contributed by atoms with Gasteiger partial charge in [0.05, 0.1) is 36.4 Å². The molecule has 1 fully saturated rings. The topological polar surface area (TPSA) is 107 Å².